The van der Waals surface area contributed by atoms with E-state index in [-0.39, 0.29) is 5.91 Å². The third kappa shape index (κ3) is 3.38. The summed E-state index contributed by atoms with van der Waals surface area (Å²) >= 11 is 0. The Morgan fingerprint density at radius 2 is 2.15 bits per heavy atom. The first kappa shape index (κ1) is 17.1. The van der Waals surface area contributed by atoms with Gasteiger partial charge in [0.15, 0.2) is 6.10 Å². The van der Waals surface area contributed by atoms with E-state index < -0.39 is 12.1 Å². The molecule has 0 saturated heterocycles. The third-order valence-electron chi connectivity index (χ3n) is 4.85. The quantitative estimate of drug-likeness (QED) is 0.682. The molecule has 2 aromatic carbocycles. The minimum atomic E-state index is -0.782. The number of amides is 1. The Kier molecular flexibility index (Phi) is 4.54. The van der Waals surface area contributed by atoms with Gasteiger partial charge in [-0.25, -0.2) is 4.79 Å². The highest BCUT2D eigenvalue weighted by atomic mass is 16.5. The van der Waals surface area contributed by atoms with Crippen LogP contribution in [-0.4, -0.2) is 36.6 Å². The van der Waals surface area contributed by atoms with Crippen LogP contribution in [0.4, 0.5) is 0 Å². The fraction of sp³-hybridized carbons (Fsp3) is 0.238. The topological polar surface area (TPSA) is 80.4 Å². The second kappa shape index (κ2) is 7.15. The lowest BCUT2D eigenvalue weighted by Crippen LogP contribution is -2.42. The second-order valence-corrected chi connectivity index (χ2v) is 6.52. The van der Waals surface area contributed by atoms with E-state index in [2.05, 4.69) is 10.3 Å². The Labute approximate surface area is 156 Å². The fourth-order valence-corrected chi connectivity index (χ4v) is 3.40. The molecule has 1 aliphatic rings. The lowest BCUT2D eigenvalue weighted by atomic mass is 9.98. The summed E-state index contributed by atoms with van der Waals surface area (Å²) in [5.74, 6) is 0.0798. The molecule has 0 spiro atoms. The van der Waals surface area contributed by atoms with Gasteiger partial charge in [0.2, 0.25) is 0 Å². The van der Waals surface area contributed by atoms with E-state index in [1.165, 1.54) is 0 Å². The number of aromatic nitrogens is 1. The molecule has 0 bridgehead atoms. The zero-order valence-corrected chi connectivity index (χ0v) is 15.0. The van der Waals surface area contributed by atoms with Gasteiger partial charge in [0.25, 0.3) is 5.91 Å². The third-order valence-corrected chi connectivity index (χ3v) is 4.85. The molecule has 138 valence electrons. The molecule has 1 atom stereocenters. The molecule has 1 aromatic heterocycles. The predicted octanol–water partition coefficient (Wildman–Crippen LogP) is 2.62. The molecular weight excluding hydrogens is 344 g/mol. The highest BCUT2D eigenvalue weighted by molar-refractivity contribution is 5.95. The van der Waals surface area contributed by atoms with Gasteiger partial charge in [-0.1, -0.05) is 18.2 Å². The predicted molar refractivity (Wildman–Crippen MR) is 101 cm³/mol. The number of cyclic esters (lactones) is 1. The number of nitrogens with one attached hydrogen (secondary N) is 2. The largest absolute Gasteiger partial charge is 0.497 e. The average Bonchev–Trinajstić information content (AvgIpc) is 3.10. The zero-order valence-electron chi connectivity index (χ0n) is 15.0. The van der Waals surface area contributed by atoms with Gasteiger partial charge in [-0.2, -0.15) is 0 Å². The van der Waals surface area contributed by atoms with Crippen molar-refractivity contribution in [2.45, 2.75) is 18.9 Å². The van der Waals surface area contributed by atoms with Crippen molar-refractivity contribution < 1.29 is 19.1 Å². The molecule has 6 nitrogen and oxygen atoms in total. The Bertz CT molecular complexity index is 1010. The summed E-state index contributed by atoms with van der Waals surface area (Å²) in [5, 5.41) is 3.94. The number of hydrogen-bond donors (Lipinski definition) is 2. The SMILES string of the molecule is COc1ccc2[nH]cc(CCNC(=O)[C@@H]3Cc4ccccc4C(=O)O3)c2c1. The summed E-state index contributed by atoms with van der Waals surface area (Å²) < 4.78 is 10.6. The lowest BCUT2D eigenvalue weighted by Gasteiger charge is -2.23. The summed E-state index contributed by atoms with van der Waals surface area (Å²) in [6.07, 6.45) is 2.22. The minimum absolute atomic E-state index is 0.268. The van der Waals surface area contributed by atoms with Crippen molar-refractivity contribution >= 4 is 22.8 Å². The zero-order chi connectivity index (χ0) is 18.8. The molecule has 1 aliphatic heterocycles. The summed E-state index contributed by atoms with van der Waals surface area (Å²) in [4.78, 5) is 27.7. The molecule has 4 rings (SSSR count). The Morgan fingerprint density at radius 1 is 1.30 bits per heavy atom. The number of carbonyl (C=O) groups is 2. The summed E-state index contributed by atoms with van der Waals surface area (Å²) in [7, 11) is 1.64. The van der Waals surface area contributed by atoms with Gasteiger partial charge in [0.1, 0.15) is 5.75 Å². The van der Waals surface area contributed by atoms with Crippen molar-refractivity contribution in [1.29, 1.82) is 0 Å². The van der Waals surface area contributed by atoms with Gasteiger partial charge in [0, 0.05) is 30.1 Å². The van der Waals surface area contributed by atoms with Crippen molar-refractivity contribution in [2.75, 3.05) is 13.7 Å². The molecule has 1 amide bonds. The van der Waals surface area contributed by atoms with E-state index in [4.69, 9.17) is 9.47 Å². The van der Waals surface area contributed by atoms with E-state index in [0.29, 0.717) is 24.9 Å². The van der Waals surface area contributed by atoms with Crippen LogP contribution in [0.3, 0.4) is 0 Å². The van der Waals surface area contributed by atoms with E-state index in [9.17, 15) is 9.59 Å². The number of esters is 1. The number of hydrogen-bond acceptors (Lipinski definition) is 4. The fourth-order valence-electron chi connectivity index (χ4n) is 3.40. The van der Waals surface area contributed by atoms with Crippen LogP contribution in [0, 0.1) is 0 Å². The van der Waals surface area contributed by atoms with Gasteiger partial charge >= 0.3 is 5.97 Å². The van der Waals surface area contributed by atoms with Crippen molar-refractivity contribution in [3.8, 4) is 5.75 Å². The first-order chi connectivity index (χ1) is 13.2. The first-order valence-electron chi connectivity index (χ1n) is 8.86. The normalized spacial score (nSPS) is 15.9. The van der Waals surface area contributed by atoms with Crippen molar-refractivity contribution in [3.63, 3.8) is 0 Å². The summed E-state index contributed by atoms with van der Waals surface area (Å²) in [6, 6.07) is 13.1. The number of rotatable bonds is 5. The van der Waals surface area contributed by atoms with Gasteiger partial charge in [-0.3, -0.25) is 4.79 Å². The van der Waals surface area contributed by atoms with Gasteiger partial charge in [-0.05, 0) is 41.8 Å². The van der Waals surface area contributed by atoms with E-state index >= 15 is 0 Å². The molecule has 0 radical (unpaired) electrons. The molecule has 0 aliphatic carbocycles. The second-order valence-electron chi connectivity index (χ2n) is 6.52. The van der Waals surface area contributed by atoms with Crippen LogP contribution in [0.15, 0.2) is 48.7 Å². The van der Waals surface area contributed by atoms with Crippen LogP contribution >= 0.6 is 0 Å². The number of benzene rings is 2. The highest BCUT2D eigenvalue weighted by Gasteiger charge is 2.30. The molecule has 2 heterocycles. The highest BCUT2D eigenvalue weighted by Crippen LogP contribution is 2.24. The number of H-pyrrole nitrogens is 1. The molecule has 2 N–H and O–H groups in total. The first-order valence-corrected chi connectivity index (χ1v) is 8.86. The molecule has 0 saturated carbocycles. The molecule has 3 aromatic rings. The van der Waals surface area contributed by atoms with Crippen LogP contribution in [0.2, 0.25) is 0 Å². The van der Waals surface area contributed by atoms with Gasteiger partial charge < -0.3 is 19.8 Å². The summed E-state index contributed by atoms with van der Waals surface area (Å²) in [5.41, 5.74) is 3.50. The lowest BCUT2D eigenvalue weighted by molar-refractivity contribution is -0.130. The van der Waals surface area contributed by atoms with Crippen molar-refractivity contribution in [2.24, 2.45) is 0 Å². The molecule has 6 heteroatoms. The number of aromatic amines is 1. The van der Waals surface area contributed by atoms with Crippen molar-refractivity contribution in [3.05, 3.63) is 65.4 Å². The smallest absolute Gasteiger partial charge is 0.339 e. The Balaban J connectivity index is 1.38. The maximum absolute atomic E-state index is 12.4. The monoisotopic (exact) mass is 364 g/mol. The Hall–Kier alpha value is -3.28. The molecule has 0 fully saturated rings. The van der Waals surface area contributed by atoms with Crippen LogP contribution in [0.5, 0.6) is 5.75 Å². The van der Waals surface area contributed by atoms with Crippen LogP contribution in [-0.2, 0) is 22.4 Å². The van der Waals surface area contributed by atoms with Crippen LogP contribution in [0.1, 0.15) is 21.5 Å². The average molecular weight is 364 g/mol. The number of carbonyl (C=O) groups excluding carboxylic acids is 2. The van der Waals surface area contributed by atoms with Gasteiger partial charge in [0.05, 0.1) is 12.7 Å². The number of ether oxygens (including phenoxy) is 2. The van der Waals surface area contributed by atoms with E-state index in [1.807, 2.05) is 36.5 Å². The summed E-state index contributed by atoms with van der Waals surface area (Å²) in [6.45, 7) is 0.457. The molecule has 27 heavy (non-hydrogen) atoms. The standard InChI is InChI=1S/C21H20N2O4/c1-26-15-6-7-18-17(11-15)14(12-23-18)8-9-22-20(24)19-10-13-4-2-3-5-16(13)21(25)27-19/h2-7,11-12,19,23H,8-10H2,1H3,(H,22,24)/t19-/m0/s1. The van der Waals surface area contributed by atoms with E-state index in [0.717, 1.165) is 27.8 Å². The minimum Gasteiger partial charge on any atom is -0.497 e. The maximum atomic E-state index is 12.4. The molecule has 0 unspecified atom stereocenters. The van der Waals surface area contributed by atoms with Gasteiger partial charge in [-0.15, -0.1) is 0 Å². The molecular formula is C21H20N2O4. The number of fused-ring (bicyclic) bond motifs is 2. The van der Waals surface area contributed by atoms with Crippen LogP contribution < -0.4 is 10.1 Å². The Morgan fingerprint density at radius 3 is 3.00 bits per heavy atom. The van der Waals surface area contributed by atoms with E-state index in [1.54, 1.807) is 19.2 Å². The maximum Gasteiger partial charge on any atom is 0.339 e. The van der Waals surface area contributed by atoms with Crippen LogP contribution in [0.25, 0.3) is 10.9 Å². The van der Waals surface area contributed by atoms with Crippen molar-refractivity contribution in [1.82, 2.24) is 10.3 Å². The number of methoxy groups -OCH3 is 1.